The predicted molar refractivity (Wildman–Crippen MR) is 136 cm³/mol. The first-order valence-electron chi connectivity index (χ1n) is 11.0. The molecule has 0 fully saturated rings. The first-order chi connectivity index (χ1) is 18.4. The summed E-state index contributed by atoms with van der Waals surface area (Å²) in [5.74, 6) is -9.82. The molecule has 0 spiro atoms. The summed E-state index contributed by atoms with van der Waals surface area (Å²) in [5, 5.41) is 68.9. The van der Waals surface area contributed by atoms with Gasteiger partial charge in [-0.15, -0.1) is 0 Å². The molecule has 0 aromatic carbocycles. The van der Waals surface area contributed by atoms with Gasteiger partial charge in [0.25, 0.3) is 0 Å². The second-order valence-electron chi connectivity index (χ2n) is 7.99. The molecule has 0 heterocycles. The van der Waals surface area contributed by atoms with Crippen molar-refractivity contribution in [1.29, 1.82) is 0 Å². The normalized spacial score (nSPS) is 8.92. The van der Waals surface area contributed by atoms with Gasteiger partial charge >= 0.3 is 284 Å². The van der Waals surface area contributed by atoms with Crippen molar-refractivity contribution in [2.75, 3.05) is 78.5 Å². The maximum atomic E-state index is 10.6. The third-order valence-electron chi connectivity index (χ3n) is 4.34. The van der Waals surface area contributed by atoms with Crippen molar-refractivity contribution in [2.24, 2.45) is 0 Å². The van der Waals surface area contributed by atoms with Gasteiger partial charge in [0.2, 0.25) is 0 Å². The van der Waals surface area contributed by atoms with E-state index in [1.807, 2.05) is 0 Å². The van der Waals surface area contributed by atoms with Crippen LogP contribution in [0.3, 0.4) is 0 Å². The fourth-order valence-corrected chi connectivity index (χ4v) is 2.95. The van der Waals surface area contributed by atoms with Gasteiger partial charge in [-0.25, -0.2) is 0 Å². The standard InChI is InChI=1S/2C10H16N2O8.8Na.8H/c2*13-7(14)3-11(4-8(15)16)1-2-12(5-9(17)18)6-10(19)20;;;;;;;;;;;;;;;;/h2*1-6H2,(H,13,14)(H,15,16)(H,17,18)(H,19,20);;;;;;;;;;;;;;;;/q;;8*+1;8*-1. The summed E-state index contributed by atoms with van der Waals surface area (Å²) in [6.45, 7) is -4.50. The minimum absolute atomic E-state index is 0. The van der Waals surface area contributed by atoms with Gasteiger partial charge in [-0.1, -0.05) is 0 Å². The third-order valence-corrected chi connectivity index (χ3v) is 4.34. The molecule has 0 aliphatic heterocycles. The Labute approximate surface area is 465 Å². The third kappa shape index (κ3) is 56.3. The van der Waals surface area contributed by atoms with E-state index in [-0.39, 0.29) is 274 Å². The molecule has 0 aliphatic rings. The van der Waals surface area contributed by atoms with E-state index in [1.54, 1.807) is 0 Å². The number of carboxylic acids is 8. The van der Waals surface area contributed by atoms with Crippen LogP contribution in [0.4, 0.5) is 0 Å². The van der Waals surface area contributed by atoms with E-state index in [2.05, 4.69) is 0 Å². The molecule has 0 aromatic rings. The average Bonchev–Trinajstić information content (AvgIpc) is 2.72. The van der Waals surface area contributed by atoms with Gasteiger partial charge in [0.15, 0.2) is 0 Å². The molecule has 0 aliphatic carbocycles. The number of hydrogen-bond acceptors (Lipinski definition) is 12. The average molecular weight is 776 g/mol. The van der Waals surface area contributed by atoms with Crippen molar-refractivity contribution in [3.8, 4) is 0 Å². The minimum atomic E-state index is -1.23. The molecule has 0 unspecified atom stereocenters. The van der Waals surface area contributed by atoms with Crippen LogP contribution >= 0.6 is 0 Å². The predicted octanol–water partition coefficient (Wildman–Crippen LogP) is -27.2. The van der Waals surface area contributed by atoms with Crippen LogP contribution in [-0.4, -0.2) is 187 Å². The van der Waals surface area contributed by atoms with Gasteiger partial charge in [0, 0.05) is 26.2 Å². The molecule has 0 saturated heterocycles. The van der Waals surface area contributed by atoms with E-state index in [0.717, 1.165) is 19.6 Å². The van der Waals surface area contributed by atoms with E-state index in [4.69, 9.17) is 40.9 Å². The monoisotopic (exact) mass is 776 g/mol. The van der Waals surface area contributed by atoms with Crippen LogP contribution < -0.4 is 236 Å². The Morgan fingerprint density at radius 1 is 0.271 bits per heavy atom. The molecule has 0 atom stereocenters. The second-order valence-corrected chi connectivity index (χ2v) is 7.99. The Balaban J connectivity index is -0.0000000251. The molecule has 28 heteroatoms. The van der Waals surface area contributed by atoms with Crippen molar-refractivity contribution < 1.29 is 327 Å². The number of rotatable bonds is 22. The Bertz CT molecular complexity index is 767. The number of hydrogen-bond donors (Lipinski definition) is 8. The summed E-state index contributed by atoms with van der Waals surface area (Å²) in [6.07, 6.45) is 0. The summed E-state index contributed by atoms with van der Waals surface area (Å²) in [6, 6.07) is 0. The Kier molecular flexibility index (Phi) is 74.4. The topological polar surface area (TPSA) is 311 Å². The van der Waals surface area contributed by atoms with E-state index in [9.17, 15) is 38.4 Å². The second kappa shape index (κ2) is 46.8. The zero-order valence-electron chi connectivity index (χ0n) is 37.1. The number of carbonyl (C=O) groups is 8. The number of aliphatic carboxylic acids is 8. The molecule has 48 heavy (non-hydrogen) atoms. The summed E-state index contributed by atoms with van der Waals surface area (Å²) in [7, 11) is 0. The zero-order valence-corrected chi connectivity index (χ0v) is 45.1. The Morgan fingerprint density at radius 2 is 0.354 bits per heavy atom. The van der Waals surface area contributed by atoms with Crippen LogP contribution in [0.1, 0.15) is 11.4 Å². The van der Waals surface area contributed by atoms with E-state index in [0.29, 0.717) is 0 Å². The quantitative estimate of drug-likeness (QED) is 0.0473. The van der Waals surface area contributed by atoms with Crippen molar-refractivity contribution >= 4 is 47.8 Å². The van der Waals surface area contributed by atoms with Gasteiger partial charge in [0.05, 0.1) is 52.4 Å². The summed E-state index contributed by atoms with van der Waals surface area (Å²) in [5.41, 5.74) is 0. The molecular weight excluding hydrogens is 736 g/mol. The molecule has 0 aromatic heterocycles. The fourth-order valence-electron chi connectivity index (χ4n) is 2.95. The first kappa shape index (κ1) is 76.3. The largest absolute Gasteiger partial charge is 1.00 e. The maximum Gasteiger partial charge on any atom is 1.00 e. The number of nitrogens with zero attached hydrogens (tertiary/aromatic N) is 4. The van der Waals surface area contributed by atoms with Crippen molar-refractivity contribution in [2.45, 2.75) is 0 Å². The molecular formula is C20H40N4Na8O16. The van der Waals surface area contributed by atoms with E-state index >= 15 is 0 Å². The van der Waals surface area contributed by atoms with Gasteiger partial charge < -0.3 is 52.3 Å². The van der Waals surface area contributed by atoms with Crippen molar-refractivity contribution in [3.63, 3.8) is 0 Å². The van der Waals surface area contributed by atoms with E-state index < -0.39 is 100 Å². The molecule has 0 rings (SSSR count). The molecule has 0 radical (unpaired) electrons. The Morgan fingerprint density at radius 3 is 0.417 bits per heavy atom. The summed E-state index contributed by atoms with van der Waals surface area (Å²) < 4.78 is 0. The van der Waals surface area contributed by atoms with Gasteiger partial charge in [0.1, 0.15) is 0 Å². The van der Waals surface area contributed by atoms with Crippen LogP contribution in [0, 0.1) is 0 Å². The van der Waals surface area contributed by atoms with Gasteiger partial charge in [-0.05, 0) is 0 Å². The first-order valence-corrected chi connectivity index (χ1v) is 11.0. The SMILES string of the molecule is O=C(O)CN(CCN(CC(=O)O)CC(=O)O)CC(=O)O.O=C(O)CN(CCN(CC(=O)O)CC(=O)O)CC(=O)O.[H-].[H-].[H-].[H-].[H-].[H-].[H-].[H-].[Na+].[Na+].[Na+].[Na+].[Na+].[Na+].[Na+].[Na+]. The summed E-state index contributed by atoms with van der Waals surface area (Å²) in [4.78, 5) is 88.7. The molecule has 0 saturated carbocycles. The van der Waals surface area contributed by atoms with E-state index in [1.165, 1.54) is 0 Å². The fraction of sp³-hybridized carbons (Fsp3) is 0.600. The van der Waals surface area contributed by atoms with Gasteiger partial charge in [-0.2, -0.15) is 0 Å². The molecule has 0 bridgehead atoms. The smallest absolute Gasteiger partial charge is 1.00 e. The van der Waals surface area contributed by atoms with Crippen LogP contribution in [0.2, 0.25) is 0 Å². The van der Waals surface area contributed by atoms with Crippen LogP contribution in [0.15, 0.2) is 0 Å². The van der Waals surface area contributed by atoms with Crippen LogP contribution in [0.5, 0.6) is 0 Å². The number of carboxylic acid groups (broad SMARTS) is 8. The molecule has 244 valence electrons. The van der Waals surface area contributed by atoms with Crippen molar-refractivity contribution in [3.05, 3.63) is 0 Å². The maximum absolute atomic E-state index is 10.6. The van der Waals surface area contributed by atoms with Crippen LogP contribution in [-0.2, 0) is 38.4 Å². The molecule has 8 N–H and O–H groups in total. The zero-order chi connectivity index (χ0) is 31.4. The Hall–Kier alpha value is 3.60. The van der Waals surface area contributed by atoms with Crippen molar-refractivity contribution in [1.82, 2.24) is 19.6 Å². The molecule has 0 amide bonds. The minimum Gasteiger partial charge on any atom is -1.00 e. The molecule has 20 nitrogen and oxygen atoms in total. The summed E-state index contributed by atoms with van der Waals surface area (Å²) >= 11 is 0. The van der Waals surface area contributed by atoms with Gasteiger partial charge in [-0.3, -0.25) is 58.0 Å². The van der Waals surface area contributed by atoms with Crippen LogP contribution in [0.25, 0.3) is 0 Å².